The van der Waals surface area contributed by atoms with E-state index in [-0.39, 0.29) is 0 Å². The van der Waals surface area contributed by atoms with Crippen LogP contribution in [-0.2, 0) is 13.5 Å². The Hall–Kier alpha value is 0.0934. The molecule has 0 aromatic heterocycles. The van der Waals surface area contributed by atoms with Gasteiger partial charge in [0.15, 0.2) is 0 Å². The van der Waals surface area contributed by atoms with Crippen molar-refractivity contribution in [2.24, 2.45) is 0 Å². The van der Waals surface area contributed by atoms with Gasteiger partial charge in [0.25, 0.3) is 0 Å². The molecule has 0 heterocycles. The summed E-state index contributed by atoms with van der Waals surface area (Å²) < 4.78 is 6.99. The van der Waals surface area contributed by atoms with Crippen LogP contribution < -0.4 is 4.74 Å². The molecular formula is C8H8Cl2ORu. The fourth-order valence-electron chi connectivity index (χ4n) is 0.834. The molecule has 0 unspecified atom stereocenters. The van der Waals surface area contributed by atoms with Crippen molar-refractivity contribution in [3.63, 3.8) is 0 Å². The number of methoxy groups -OCH3 is 1. The number of benzene rings is 1. The Morgan fingerprint density at radius 3 is 2.58 bits per heavy atom. The molecule has 1 aromatic rings. The summed E-state index contributed by atoms with van der Waals surface area (Å²) >= 11 is -1.74. The molecule has 0 saturated carbocycles. The predicted molar refractivity (Wildman–Crippen MR) is 49.9 cm³/mol. The molecule has 0 saturated heterocycles. The first kappa shape index (κ1) is 10.2. The molecule has 0 aliphatic heterocycles. The first-order valence-corrected chi connectivity index (χ1v) is 8.68. The van der Waals surface area contributed by atoms with Crippen LogP contribution in [0.2, 0.25) is 0 Å². The average Bonchev–Trinajstić information content (AvgIpc) is 2.04. The van der Waals surface area contributed by atoms with E-state index in [2.05, 4.69) is 0 Å². The van der Waals surface area contributed by atoms with Gasteiger partial charge in [-0.1, -0.05) is 0 Å². The van der Waals surface area contributed by atoms with E-state index in [4.69, 9.17) is 24.1 Å². The van der Waals surface area contributed by atoms with Crippen LogP contribution in [0.1, 0.15) is 5.56 Å². The Balaban J connectivity index is 3.05. The van der Waals surface area contributed by atoms with Crippen molar-refractivity contribution in [1.29, 1.82) is 0 Å². The van der Waals surface area contributed by atoms with E-state index < -0.39 is 13.5 Å². The zero-order valence-electron chi connectivity index (χ0n) is 6.40. The van der Waals surface area contributed by atoms with Gasteiger partial charge in [0.1, 0.15) is 0 Å². The third kappa shape index (κ3) is 2.86. The van der Waals surface area contributed by atoms with Crippen LogP contribution in [0.15, 0.2) is 24.3 Å². The van der Waals surface area contributed by atoms with Crippen LogP contribution in [0.5, 0.6) is 5.75 Å². The molecule has 1 nitrogen and oxygen atoms in total. The van der Waals surface area contributed by atoms with Crippen molar-refractivity contribution in [3.05, 3.63) is 29.8 Å². The van der Waals surface area contributed by atoms with E-state index in [0.29, 0.717) is 0 Å². The molecule has 0 bridgehead atoms. The van der Waals surface area contributed by atoms with Crippen molar-refractivity contribution in [2.45, 2.75) is 0 Å². The van der Waals surface area contributed by atoms with E-state index >= 15 is 0 Å². The number of ether oxygens (including phenoxy) is 1. The molecule has 1 aromatic carbocycles. The molecule has 68 valence electrons. The molecule has 12 heavy (non-hydrogen) atoms. The predicted octanol–water partition coefficient (Wildman–Crippen LogP) is 2.77. The zero-order valence-corrected chi connectivity index (χ0v) is 9.65. The van der Waals surface area contributed by atoms with E-state index in [1.807, 2.05) is 28.9 Å². The molecule has 0 spiro atoms. The van der Waals surface area contributed by atoms with E-state index in [9.17, 15) is 0 Å². The zero-order chi connectivity index (χ0) is 8.97. The Labute approximate surface area is 84.8 Å². The van der Waals surface area contributed by atoms with Crippen LogP contribution in [0.4, 0.5) is 0 Å². The summed E-state index contributed by atoms with van der Waals surface area (Å²) in [6.07, 6.45) is 0. The van der Waals surface area contributed by atoms with Gasteiger partial charge >= 0.3 is 84.9 Å². The molecule has 0 atom stereocenters. The third-order valence-electron chi connectivity index (χ3n) is 1.33. The summed E-state index contributed by atoms with van der Waals surface area (Å²) in [5.74, 6) is 0.817. The Bertz CT molecular complexity index is 295. The van der Waals surface area contributed by atoms with Gasteiger partial charge < -0.3 is 0 Å². The summed E-state index contributed by atoms with van der Waals surface area (Å²) in [4.78, 5) is 0. The topological polar surface area (TPSA) is 9.23 Å². The molecule has 0 aliphatic carbocycles. The second kappa shape index (κ2) is 4.96. The fourth-order valence-corrected chi connectivity index (χ4v) is 2.64. The Morgan fingerprint density at radius 1 is 1.33 bits per heavy atom. The van der Waals surface area contributed by atoms with Crippen molar-refractivity contribution in [1.82, 2.24) is 0 Å². The minimum atomic E-state index is -1.74. The van der Waals surface area contributed by atoms with Crippen molar-refractivity contribution < 1.29 is 18.3 Å². The van der Waals surface area contributed by atoms with E-state index in [1.165, 1.54) is 0 Å². The maximum absolute atomic E-state index is 5.74. The fraction of sp³-hybridized carbons (Fsp3) is 0.125. The van der Waals surface area contributed by atoms with Crippen LogP contribution in [0.3, 0.4) is 0 Å². The quantitative estimate of drug-likeness (QED) is 0.762. The van der Waals surface area contributed by atoms with E-state index in [1.54, 1.807) is 7.11 Å². The molecule has 0 aliphatic rings. The molecule has 0 N–H and O–H groups in total. The first-order valence-electron chi connectivity index (χ1n) is 3.20. The second-order valence-corrected chi connectivity index (χ2v) is 7.77. The molecule has 0 radical (unpaired) electrons. The average molecular weight is 292 g/mol. The maximum atomic E-state index is 5.74. The normalized spacial score (nSPS) is 10.8. The van der Waals surface area contributed by atoms with E-state index in [0.717, 1.165) is 11.3 Å². The molecule has 0 fully saturated rings. The Kier molecular flexibility index (Phi) is 4.21. The molecule has 0 amide bonds. The van der Waals surface area contributed by atoms with Crippen LogP contribution in [0.25, 0.3) is 0 Å². The second-order valence-electron chi connectivity index (χ2n) is 2.05. The Morgan fingerprint density at radius 2 is 2.00 bits per heavy atom. The van der Waals surface area contributed by atoms with Gasteiger partial charge in [-0.05, 0) is 0 Å². The first-order chi connectivity index (χ1) is 5.74. The van der Waals surface area contributed by atoms with Gasteiger partial charge in [-0.3, -0.25) is 0 Å². The van der Waals surface area contributed by atoms with Gasteiger partial charge in [0, 0.05) is 0 Å². The number of rotatable bonds is 2. The summed E-state index contributed by atoms with van der Waals surface area (Å²) in [5.41, 5.74) is 0.976. The van der Waals surface area contributed by atoms with Gasteiger partial charge in [-0.15, -0.1) is 0 Å². The third-order valence-corrected chi connectivity index (χ3v) is 3.16. The minimum absolute atomic E-state index is 0.817. The number of hydrogen-bond acceptors (Lipinski definition) is 1. The molecular weight excluding hydrogens is 284 g/mol. The van der Waals surface area contributed by atoms with Crippen molar-refractivity contribution in [3.8, 4) is 5.75 Å². The van der Waals surface area contributed by atoms with Crippen LogP contribution >= 0.6 is 19.4 Å². The monoisotopic (exact) mass is 292 g/mol. The molecule has 1 rings (SSSR count). The standard InChI is InChI=1S/C8H8O.2ClH.Ru/c1-7-5-3-4-6-8(7)9-2;;;/h1,3-6H,2H3;2*1H;/q;;;+2/p-2. The van der Waals surface area contributed by atoms with Gasteiger partial charge in [0.2, 0.25) is 0 Å². The van der Waals surface area contributed by atoms with Crippen LogP contribution in [-0.4, -0.2) is 11.7 Å². The van der Waals surface area contributed by atoms with Crippen molar-refractivity contribution in [2.75, 3.05) is 7.11 Å². The van der Waals surface area contributed by atoms with Gasteiger partial charge in [-0.25, -0.2) is 0 Å². The summed E-state index contributed by atoms with van der Waals surface area (Å²) in [7, 11) is 13.1. The SMILES string of the molecule is COc1ccccc1[CH]=[Ru]([Cl])[Cl]. The molecule has 4 heteroatoms. The summed E-state index contributed by atoms with van der Waals surface area (Å²) in [6, 6.07) is 7.66. The van der Waals surface area contributed by atoms with Crippen LogP contribution in [0, 0.1) is 0 Å². The number of halogens is 2. The van der Waals surface area contributed by atoms with Gasteiger partial charge in [-0.2, -0.15) is 0 Å². The number of hydrogen-bond donors (Lipinski definition) is 0. The van der Waals surface area contributed by atoms with Gasteiger partial charge in [0.05, 0.1) is 0 Å². The summed E-state index contributed by atoms with van der Waals surface area (Å²) in [6.45, 7) is 0. The van der Waals surface area contributed by atoms with Crippen molar-refractivity contribution >= 4 is 24.0 Å². The number of para-hydroxylation sites is 1. The summed E-state index contributed by atoms with van der Waals surface area (Å²) in [5, 5.41) is 0.